The van der Waals surface area contributed by atoms with E-state index in [9.17, 15) is 14.7 Å². The molecule has 0 spiro atoms. The second kappa shape index (κ2) is 5.85. The van der Waals surface area contributed by atoms with Crippen LogP contribution in [0.5, 0.6) is 0 Å². The van der Waals surface area contributed by atoms with E-state index in [2.05, 4.69) is 5.32 Å². The van der Waals surface area contributed by atoms with Gasteiger partial charge in [0.05, 0.1) is 0 Å². The molecule has 0 radical (unpaired) electrons. The molecule has 2 aromatic carbocycles. The summed E-state index contributed by atoms with van der Waals surface area (Å²) in [7, 11) is 0. The maximum atomic E-state index is 12.2. The molecule has 2 aromatic rings. The Balaban J connectivity index is 1.69. The van der Waals surface area contributed by atoms with E-state index in [1.54, 1.807) is 24.3 Å². The number of carbonyl (C=O) groups is 2. The fraction of sp³-hybridized carbons (Fsp3) is 0.111. The SMILES string of the molecule is O=C(NCCc1ccccc1)C1=C(O)c2ccccc2C1=O. The minimum Gasteiger partial charge on any atom is -0.506 e. The summed E-state index contributed by atoms with van der Waals surface area (Å²) in [6, 6.07) is 16.4. The van der Waals surface area contributed by atoms with Gasteiger partial charge in [-0.2, -0.15) is 0 Å². The van der Waals surface area contributed by atoms with Crippen LogP contribution in [0.4, 0.5) is 0 Å². The van der Waals surface area contributed by atoms with Crippen LogP contribution in [-0.4, -0.2) is 23.3 Å². The number of amides is 1. The Hall–Kier alpha value is -2.88. The van der Waals surface area contributed by atoms with Crippen LogP contribution in [0.15, 0.2) is 60.2 Å². The number of aliphatic hydroxyl groups excluding tert-OH is 1. The van der Waals surface area contributed by atoms with E-state index in [1.807, 2.05) is 30.3 Å². The number of Topliss-reactive ketones (excluding diaryl/α,β-unsaturated/α-hetero) is 1. The van der Waals surface area contributed by atoms with Crippen LogP contribution in [0.25, 0.3) is 5.76 Å². The number of rotatable bonds is 4. The summed E-state index contributed by atoms with van der Waals surface area (Å²) in [5.74, 6) is -1.20. The van der Waals surface area contributed by atoms with Crippen LogP contribution >= 0.6 is 0 Å². The largest absolute Gasteiger partial charge is 0.506 e. The smallest absolute Gasteiger partial charge is 0.259 e. The van der Waals surface area contributed by atoms with Gasteiger partial charge in [0, 0.05) is 17.7 Å². The third kappa shape index (κ3) is 2.51. The number of aliphatic hydroxyl groups is 1. The highest BCUT2D eigenvalue weighted by Gasteiger charge is 2.33. The topological polar surface area (TPSA) is 66.4 Å². The average Bonchev–Trinajstić information content (AvgIpc) is 2.80. The van der Waals surface area contributed by atoms with Crippen molar-refractivity contribution in [1.29, 1.82) is 0 Å². The van der Waals surface area contributed by atoms with Crippen molar-refractivity contribution in [2.45, 2.75) is 6.42 Å². The highest BCUT2D eigenvalue weighted by atomic mass is 16.3. The van der Waals surface area contributed by atoms with Crippen molar-refractivity contribution < 1.29 is 14.7 Å². The molecule has 1 amide bonds. The number of hydrogen-bond donors (Lipinski definition) is 2. The van der Waals surface area contributed by atoms with Crippen molar-refractivity contribution in [2.75, 3.05) is 6.54 Å². The lowest BCUT2D eigenvalue weighted by molar-refractivity contribution is -0.117. The van der Waals surface area contributed by atoms with Crippen LogP contribution in [0, 0.1) is 0 Å². The Kier molecular flexibility index (Phi) is 3.74. The molecule has 0 atom stereocenters. The molecule has 0 saturated heterocycles. The van der Waals surface area contributed by atoms with Gasteiger partial charge >= 0.3 is 0 Å². The number of nitrogens with one attached hydrogen (secondary N) is 1. The van der Waals surface area contributed by atoms with Gasteiger partial charge in [-0.05, 0) is 12.0 Å². The van der Waals surface area contributed by atoms with E-state index in [0.29, 0.717) is 24.1 Å². The van der Waals surface area contributed by atoms with Crippen molar-refractivity contribution in [3.05, 3.63) is 76.9 Å². The lowest BCUT2D eigenvalue weighted by Crippen LogP contribution is -2.29. The maximum absolute atomic E-state index is 12.2. The van der Waals surface area contributed by atoms with Gasteiger partial charge in [-0.1, -0.05) is 54.6 Å². The highest BCUT2D eigenvalue weighted by molar-refractivity contribution is 6.33. The number of hydrogen-bond acceptors (Lipinski definition) is 3. The Labute approximate surface area is 128 Å². The molecule has 0 fully saturated rings. The van der Waals surface area contributed by atoms with E-state index in [4.69, 9.17) is 0 Å². The van der Waals surface area contributed by atoms with Crippen molar-refractivity contribution in [2.24, 2.45) is 0 Å². The third-order valence-corrected chi connectivity index (χ3v) is 3.66. The van der Waals surface area contributed by atoms with Crippen molar-refractivity contribution >= 4 is 17.4 Å². The second-order valence-corrected chi connectivity index (χ2v) is 5.09. The first-order chi connectivity index (χ1) is 10.7. The minimum absolute atomic E-state index is 0.172. The molecule has 0 bridgehead atoms. The quantitative estimate of drug-likeness (QED) is 0.851. The molecule has 4 heteroatoms. The van der Waals surface area contributed by atoms with Gasteiger partial charge in [0.1, 0.15) is 11.3 Å². The normalized spacial score (nSPS) is 13.2. The summed E-state index contributed by atoms with van der Waals surface area (Å²) in [4.78, 5) is 24.4. The maximum Gasteiger partial charge on any atom is 0.259 e. The number of carbonyl (C=O) groups excluding carboxylic acids is 2. The molecular weight excluding hydrogens is 278 g/mol. The van der Waals surface area contributed by atoms with Gasteiger partial charge in [0.25, 0.3) is 5.91 Å². The predicted molar refractivity (Wildman–Crippen MR) is 83.5 cm³/mol. The Morgan fingerprint density at radius 3 is 2.27 bits per heavy atom. The predicted octanol–water partition coefficient (Wildman–Crippen LogP) is 2.51. The lowest BCUT2D eigenvalue weighted by Gasteiger charge is -2.05. The summed E-state index contributed by atoms with van der Waals surface area (Å²) in [5, 5.41) is 12.8. The number of fused-ring (bicyclic) bond motifs is 1. The van der Waals surface area contributed by atoms with Crippen molar-refractivity contribution in [3.8, 4) is 0 Å². The van der Waals surface area contributed by atoms with Crippen molar-refractivity contribution in [3.63, 3.8) is 0 Å². The van der Waals surface area contributed by atoms with Gasteiger partial charge in [-0.3, -0.25) is 9.59 Å². The fourth-order valence-corrected chi connectivity index (χ4v) is 2.53. The Bertz CT molecular complexity index is 763. The molecule has 0 heterocycles. The summed E-state index contributed by atoms with van der Waals surface area (Å²) in [6.45, 7) is 0.406. The van der Waals surface area contributed by atoms with E-state index in [1.165, 1.54) is 0 Å². The summed E-state index contributed by atoms with van der Waals surface area (Å²) >= 11 is 0. The van der Waals surface area contributed by atoms with Crippen LogP contribution < -0.4 is 5.32 Å². The van der Waals surface area contributed by atoms with E-state index < -0.39 is 11.7 Å². The zero-order valence-corrected chi connectivity index (χ0v) is 11.9. The van der Waals surface area contributed by atoms with E-state index in [0.717, 1.165) is 5.56 Å². The van der Waals surface area contributed by atoms with Gasteiger partial charge in [0.15, 0.2) is 0 Å². The first-order valence-corrected chi connectivity index (χ1v) is 7.08. The molecule has 1 aliphatic rings. The zero-order chi connectivity index (χ0) is 15.5. The Morgan fingerprint density at radius 2 is 1.59 bits per heavy atom. The molecule has 22 heavy (non-hydrogen) atoms. The molecule has 0 unspecified atom stereocenters. The molecule has 2 N–H and O–H groups in total. The molecule has 110 valence electrons. The second-order valence-electron chi connectivity index (χ2n) is 5.09. The van der Waals surface area contributed by atoms with Gasteiger partial charge in [0.2, 0.25) is 5.78 Å². The highest BCUT2D eigenvalue weighted by Crippen LogP contribution is 2.30. The van der Waals surface area contributed by atoms with E-state index >= 15 is 0 Å². The summed E-state index contributed by atoms with van der Waals surface area (Å²) in [5.41, 5.74) is 1.71. The van der Waals surface area contributed by atoms with Crippen LogP contribution in [0.1, 0.15) is 21.5 Å². The number of ketones is 1. The van der Waals surface area contributed by atoms with Gasteiger partial charge in [-0.15, -0.1) is 0 Å². The zero-order valence-electron chi connectivity index (χ0n) is 11.9. The van der Waals surface area contributed by atoms with E-state index in [-0.39, 0.29) is 11.3 Å². The molecule has 4 nitrogen and oxygen atoms in total. The molecule has 1 aliphatic carbocycles. The monoisotopic (exact) mass is 293 g/mol. The molecular formula is C18H15NO3. The average molecular weight is 293 g/mol. The number of benzene rings is 2. The third-order valence-electron chi connectivity index (χ3n) is 3.66. The summed E-state index contributed by atoms with van der Waals surface area (Å²) in [6.07, 6.45) is 0.668. The molecule has 0 saturated carbocycles. The van der Waals surface area contributed by atoms with Crippen LogP contribution in [-0.2, 0) is 11.2 Å². The molecule has 3 rings (SSSR count). The van der Waals surface area contributed by atoms with Crippen LogP contribution in [0.3, 0.4) is 0 Å². The van der Waals surface area contributed by atoms with Gasteiger partial charge < -0.3 is 10.4 Å². The lowest BCUT2D eigenvalue weighted by atomic mass is 10.1. The standard InChI is InChI=1S/C18H15NO3/c20-16-13-8-4-5-9-14(13)17(21)15(16)18(22)19-11-10-12-6-2-1-3-7-12/h1-9,20H,10-11H2,(H,19,22). The van der Waals surface area contributed by atoms with Crippen molar-refractivity contribution in [1.82, 2.24) is 5.32 Å². The summed E-state index contributed by atoms with van der Waals surface area (Å²) < 4.78 is 0. The molecule has 0 aromatic heterocycles. The molecule has 0 aliphatic heterocycles. The minimum atomic E-state index is -0.533. The Morgan fingerprint density at radius 1 is 0.955 bits per heavy atom. The fourth-order valence-electron chi connectivity index (χ4n) is 2.53. The first kappa shape index (κ1) is 14.1. The van der Waals surface area contributed by atoms with Gasteiger partial charge in [-0.25, -0.2) is 0 Å². The van der Waals surface area contributed by atoms with Crippen LogP contribution in [0.2, 0.25) is 0 Å². The first-order valence-electron chi connectivity index (χ1n) is 7.08.